The minimum absolute atomic E-state index is 0.116. The van der Waals surface area contributed by atoms with Crippen LogP contribution in [0.3, 0.4) is 0 Å². The summed E-state index contributed by atoms with van der Waals surface area (Å²) in [5.74, 6) is 4.33. The Morgan fingerprint density at radius 2 is 1.53 bits per heavy atom. The molecule has 3 aromatic rings. The fraction of sp³-hybridized carbons (Fsp3) is 0.125. The molecule has 0 spiro atoms. The first-order chi connectivity index (χ1) is 14.3. The highest BCUT2D eigenvalue weighted by Crippen LogP contribution is 2.47. The number of hydrogen-bond acceptors (Lipinski definition) is 2. The number of carbonyl (C=O) groups excluding carboxylic acids is 1. The van der Waals surface area contributed by atoms with Crippen molar-refractivity contribution in [2.24, 2.45) is 0 Å². The second kappa shape index (κ2) is 7.36. The predicted molar refractivity (Wildman–Crippen MR) is 106 cm³/mol. The molecule has 0 aromatic heterocycles. The van der Waals surface area contributed by atoms with E-state index in [-0.39, 0.29) is 17.8 Å². The lowest BCUT2D eigenvalue weighted by molar-refractivity contribution is -0.137. The maximum atomic E-state index is 13.7. The van der Waals surface area contributed by atoms with Crippen LogP contribution in [0.25, 0.3) is 0 Å². The van der Waals surface area contributed by atoms with E-state index in [4.69, 9.17) is 0 Å². The number of amides is 1. The molecule has 0 bridgehead atoms. The van der Waals surface area contributed by atoms with Gasteiger partial charge < -0.3 is 10.0 Å². The number of halogens is 3. The van der Waals surface area contributed by atoms with E-state index in [0.717, 1.165) is 11.0 Å². The van der Waals surface area contributed by atoms with Crippen molar-refractivity contribution in [1.82, 2.24) is 0 Å². The summed E-state index contributed by atoms with van der Waals surface area (Å²) in [5.41, 5.74) is -2.71. The molecule has 1 aliphatic rings. The maximum absolute atomic E-state index is 13.7. The molecule has 4 rings (SSSR count). The van der Waals surface area contributed by atoms with Gasteiger partial charge in [-0.15, -0.1) is 0 Å². The van der Waals surface area contributed by atoms with Crippen LogP contribution in [-0.4, -0.2) is 11.0 Å². The van der Waals surface area contributed by atoms with Crippen LogP contribution in [0.5, 0.6) is 0 Å². The van der Waals surface area contributed by atoms with E-state index in [1.165, 1.54) is 12.1 Å². The maximum Gasteiger partial charge on any atom is 0.418 e. The van der Waals surface area contributed by atoms with Crippen LogP contribution in [0, 0.1) is 11.8 Å². The Morgan fingerprint density at radius 3 is 2.17 bits per heavy atom. The lowest BCUT2D eigenvalue weighted by Gasteiger charge is -2.21. The fourth-order valence-electron chi connectivity index (χ4n) is 3.49. The van der Waals surface area contributed by atoms with Crippen molar-refractivity contribution in [1.29, 1.82) is 0 Å². The second-order valence-electron chi connectivity index (χ2n) is 6.90. The Labute approximate surface area is 171 Å². The van der Waals surface area contributed by atoms with Crippen molar-refractivity contribution in [3.63, 3.8) is 0 Å². The summed E-state index contributed by atoms with van der Waals surface area (Å²) < 4.78 is 41.2. The average molecular weight is 407 g/mol. The summed E-state index contributed by atoms with van der Waals surface area (Å²) in [6, 6.07) is 20.7. The van der Waals surface area contributed by atoms with Gasteiger partial charge in [0.25, 0.3) is 5.91 Å². The minimum Gasteiger partial charge on any atom is -0.366 e. The molecule has 3 aromatic carbocycles. The van der Waals surface area contributed by atoms with Crippen LogP contribution in [-0.2, 0) is 23.1 Å². The van der Waals surface area contributed by atoms with Crippen LogP contribution in [0.15, 0.2) is 78.9 Å². The first kappa shape index (κ1) is 19.7. The third kappa shape index (κ3) is 3.44. The van der Waals surface area contributed by atoms with Gasteiger partial charge in [-0.2, -0.15) is 13.2 Å². The van der Waals surface area contributed by atoms with Gasteiger partial charge in [-0.1, -0.05) is 66.6 Å². The van der Waals surface area contributed by atoms with E-state index in [1.807, 2.05) is 0 Å². The van der Waals surface area contributed by atoms with Crippen LogP contribution in [0.4, 0.5) is 18.9 Å². The molecule has 1 unspecified atom stereocenters. The van der Waals surface area contributed by atoms with Gasteiger partial charge in [0.05, 0.1) is 17.8 Å². The van der Waals surface area contributed by atoms with E-state index in [9.17, 15) is 23.1 Å². The van der Waals surface area contributed by atoms with Gasteiger partial charge in [-0.25, -0.2) is 0 Å². The third-order valence-corrected chi connectivity index (χ3v) is 4.90. The third-order valence-electron chi connectivity index (χ3n) is 4.90. The highest BCUT2D eigenvalue weighted by Gasteiger charge is 2.52. The highest BCUT2D eigenvalue weighted by molar-refractivity contribution is 6.09. The standard InChI is InChI=1S/C24H16F3NO2/c25-24(26,27)20-13-7-12-19-21(20)28(16-18-10-5-2-6-11-18)22(29)23(19,30)15-14-17-8-3-1-4-9-17/h1-13,30H,16H2. The van der Waals surface area contributed by atoms with E-state index in [0.29, 0.717) is 11.1 Å². The van der Waals surface area contributed by atoms with Gasteiger partial charge in [0, 0.05) is 11.1 Å². The summed E-state index contributed by atoms with van der Waals surface area (Å²) in [6.07, 6.45) is -4.70. The zero-order chi connectivity index (χ0) is 21.4. The molecule has 1 heterocycles. The molecule has 3 nitrogen and oxygen atoms in total. The Morgan fingerprint density at radius 1 is 0.900 bits per heavy atom. The highest BCUT2D eigenvalue weighted by atomic mass is 19.4. The Bertz CT molecular complexity index is 1150. The van der Waals surface area contributed by atoms with Crippen LogP contribution in [0.2, 0.25) is 0 Å². The zero-order valence-corrected chi connectivity index (χ0v) is 15.6. The number of carbonyl (C=O) groups is 1. The summed E-state index contributed by atoms with van der Waals surface area (Å²) >= 11 is 0. The number of rotatable bonds is 2. The summed E-state index contributed by atoms with van der Waals surface area (Å²) in [6.45, 7) is -0.116. The van der Waals surface area contributed by atoms with Gasteiger partial charge >= 0.3 is 6.18 Å². The number of nitrogens with zero attached hydrogens (tertiary/aromatic N) is 1. The summed E-state index contributed by atoms with van der Waals surface area (Å²) in [5, 5.41) is 11.2. The molecular weight excluding hydrogens is 391 g/mol. The monoisotopic (exact) mass is 407 g/mol. The molecule has 0 radical (unpaired) electrons. The lowest BCUT2D eigenvalue weighted by atomic mass is 9.94. The van der Waals surface area contributed by atoms with Crippen molar-refractivity contribution in [2.45, 2.75) is 18.3 Å². The fourth-order valence-corrected chi connectivity index (χ4v) is 3.49. The smallest absolute Gasteiger partial charge is 0.366 e. The molecule has 1 atom stereocenters. The largest absolute Gasteiger partial charge is 0.418 e. The predicted octanol–water partition coefficient (Wildman–Crippen LogP) is 4.49. The number of aliphatic hydroxyl groups is 1. The molecule has 6 heteroatoms. The number of benzene rings is 3. The average Bonchev–Trinajstić information content (AvgIpc) is 2.95. The molecule has 1 amide bonds. The topological polar surface area (TPSA) is 40.5 Å². The molecule has 30 heavy (non-hydrogen) atoms. The van der Waals surface area contributed by atoms with Gasteiger partial charge in [-0.3, -0.25) is 4.79 Å². The quantitative estimate of drug-likeness (QED) is 0.636. The molecule has 0 saturated heterocycles. The van der Waals surface area contributed by atoms with E-state index in [1.54, 1.807) is 60.7 Å². The number of para-hydroxylation sites is 1. The van der Waals surface area contributed by atoms with Gasteiger partial charge in [0.15, 0.2) is 0 Å². The van der Waals surface area contributed by atoms with Crippen molar-refractivity contribution in [3.8, 4) is 11.8 Å². The number of fused-ring (bicyclic) bond motifs is 1. The number of hydrogen-bond donors (Lipinski definition) is 1. The van der Waals surface area contributed by atoms with Crippen molar-refractivity contribution < 1.29 is 23.1 Å². The Balaban J connectivity index is 1.87. The SMILES string of the molecule is O=C1N(Cc2ccccc2)c2c(C(F)(F)F)cccc2C1(O)C#Cc1ccccc1. The number of alkyl halides is 3. The van der Waals surface area contributed by atoms with Crippen LogP contribution in [0.1, 0.15) is 22.3 Å². The van der Waals surface area contributed by atoms with Crippen molar-refractivity contribution in [3.05, 3.63) is 101 Å². The molecule has 0 fully saturated rings. The second-order valence-corrected chi connectivity index (χ2v) is 6.90. The molecule has 0 aliphatic carbocycles. The molecule has 0 saturated carbocycles. The zero-order valence-electron chi connectivity index (χ0n) is 15.6. The Hall–Kier alpha value is -3.56. The lowest BCUT2D eigenvalue weighted by Crippen LogP contribution is -2.39. The first-order valence-corrected chi connectivity index (χ1v) is 9.18. The van der Waals surface area contributed by atoms with Crippen molar-refractivity contribution >= 4 is 11.6 Å². The van der Waals surface area contributed by atoms with Crippen molar-refractivity contribution in [2.75, 3.05) is 4.90 Å². The first-order valence-electron chi connectivity index (χ1n) is 9.18. The molecule has 1 N–H and O–H groups in total. The normalized spacial score (nSPS) is 18.0. The molecule has 150 valence electrons. The van der Waals surface area contributed by atoms with Crippen LogP contribution < -0.4 is 4.90 Å². The van der Waals surface area contributed by atoms with E-state index >= 15 is 0 Å². The minimum atomic E-state index is -4.70. The van der Waals surface area contributed by atoms with Crippen LogP contribution >= 0.6 is 0 Å². The van der Waals surface area contributed by atoms with E-state index < -0.39 is 23.2 Å². The molecular formula is C24H16F3NO2. The van der Waals surface area contributed by atoms with E-state index in [2.05, 4.69) is 11.8 Å². The van der Waals surface area contributed by atoms with Gasteiger partial charge in [0.2, 0.25) is 5.60 Å². The van der Waals surface area contributed by atoms with Gasteiger partial charge in [0.1, 0.15) is 0 Å². The summed E-state index contributed by atoms with van der Waals surface area (Å²) in [7, 11) is 0. The Kier molecular flexibility index (Phi) is 4.84. The van der Waals surface area contributed by atoms with Gasteiger partial charge in [-0.05, 0) is 29.7 Å². The molecule has 1 aliphatic heterocycles. The number of anilines is 1. The summed E-state index contributed by atoms with van der Waals surface area (Å²) in [4.78, 5) is 14.2.